The number of nitrogen functional groups attached to an aromatic ring is 1. The Morgan fingerprint density at radius 2 is 2.23 bits per heavy atom. The van der Waals surface area contributed by atoms with Crippen LogP contribution in [-0.2, 0) is 6.42 Å². The number of allylic oxidation sites excluding steroid dienone is 1. The number of hydrogen-bond acceptors (Lipinski definition) is 2. The second-order valence-corrected chi connectivity index (χ2v) is 2.89. The average Bonchev–Trinajstić information content (AvgIpc) is 2.11. The van der Waals surface area contributed by atoms with Gasteiger partial charge in [-0.05, 0) is 25.0 Å². The summed E-state index contributed by atoms with van der Waals surface area (Å²) >= 11 is 0. The first-order chi connectivity index (χ1) is 6.29. The van der Waals surface area contributed by atoms with E-state index in [4.69, 9.17) is 10.8 Å². The number of nitrogens with two attached hydrogens (primary N) is 1. The van der Waals surface area contributed by atoms with Gasteiger partial charge in [0.1, 0.15) is 0 Å². The van der Waals surface area contributed by atoms with Crippen LogP contribution in [0.2, 0.25) is 0 Å². The van der Waals surface area contributed by atoms with Crippen molar-refractivity contribution in [3.8, 4) is 0 Å². The molecule has 1 rings (SSSR count). The molecule has 0 saturated heterocycles. The highest BCUT2D eigenvalue weighted by molar-refractivity contribution is 5.67. The molecule has 2 heteroatoms. The normalized spacial score (nSPS) is 10.9. The van der Waals surface area contributed by atoms with Crippen molar-refractivity contribution in [2.45, 2.75) is 13.3 Å². The first-order valence-corrected chi connectivity index (χ1v) is 4.40. The summed E-state index contributed by atoms with van der Waals surface area (Å²) in [6.45, 7) is 2.11. The van der Waals surface area contributed by atoms with Gasteiger partial charge in [-0.2, -0.15) is 0 Å². The minimum absolute atomic E-state index is 0.161. The molecule has 0 aliphatic rings. The first-order valence-electron chi connectivity index (χ1n) is 4.40. The summed E-state index contributed by atoms with van der Waals surface area (Å²) in [5.74, 6) is 0. The molecule has 0 spiro atoms. The number of hydrogen-bond donors (Lipinski definition) is 2. The molecule has 0 saturated carbocycles. The van der Waals surface area contributed by atoms with E-state index in [-0.39, 0.29) is 6.61 Å². The summed E-state index contributed by atoms with van der Waals surface area (Å²) < 4.78 is 0. The Bertz CT molecular complexity index is 305. The summed E-state index contributed by atoms with van der Waals surface area (Å²) in [6, 6.07) is 5.77. The fraction of sp³-hybridized carbons (Fsp3) is 0.273. The van der Waals surface area contributed by atoms with Crippen LogP contribution in [0.25, 0.3) is 6.08 Å². The molecular formula is C11H15NO. The lowest BCUT2D eigenvalue weighted by atomic mass is 10.0. The molecular weight excluding hydrogens is 162 g/mol. The van der Waals surface area contributed by atoms with Gasteiger partial charge in [-0.25, -0.2) is 0 Å². The zero-order chi connectivity index (χ0) is 9.68. The standard InChI is InChI=1S/C11H15NO/c1-2-4-10-9(7-8-13)5-3-6-11(10)12/h2-6,13H,7-8,12H2,1H3. The second-order valence-electron chi connectivity index (χ2n) is 2.89. The predicted molar refractivity (Wildman–Crippen MR) is 56.4 cm³/mol. The molecule has 0 aromatic heterocycles. The molecule has 0 fully saturated rings. The van der Waals surface area contributed by atoms with Gasteiger partial charge in [0.2, 0.25) is 0 Å². The summed E-state index contributed by atoms with van der Waals surface area (Å²) in [5, 5.41) is 8.84. The predicted octanol–water partition coefficient (Wildman–Crippen LogP) is 1.84. The molecule has 0 atom stereocenters. The topological polar surface area (TPSA) is 46.2 Å². The molecule has 0 radical (unpaired) electrons. The van der Waals surface area contributed by atoms with E-state index in [2.05, 4.69) is 0 Å². The lowest BCUT2D eigenvalue weighted by molar-refractivity contribution is 0.299. The van der Waals surface area contributed by atoms with Gasteiger partial charge >= 0.3 is 0 Å². The van der Waals surface area contributed by atoms with Gasteiger partial charge in [0.15, 0.2) is 0 Å². The summed E-state index contributed by atoms with van der Waals surface area (Å²) in [7, 11) is 0. The molecule has 3 N–H and O–H groups in total. The van der Waals surface area contributed by atoms with Gasteiger partial charge in [0.25, 0.3) is 0 Å². The van der Waals surface area contributed by atoms with Crippen molar-refractivity contribution in [3.05, 3.63) is 35.4 Å². The van der Waals surface area contributed by atoms with Gasteiger partial charge in [-0.3, -0.25) is 0 Å². The Kier molecular flexibility index (Phi) is 3.53. The fourth-order valence-corrected chi connectivity index (χ4v) is 1.34. The Hall–Kier alpha value is -1.28. The zero-order valence-corrected chi connectivity index (χ0v) is 7.83. The van der Waals surface area contributed by atoms with Crippen LogP contribution in [0.3, 0.4) is 0 Å². The van der Waals surface area contributed by atoms with Crippen LogP contribution in [0.4, 0.5) is 5.69 Å². The van der Waals surface area contributed by atoms with Crippen molar-refractivity contribution in [1.29, 1.82) is 0 Å². The number of aliphatic hydroxyl groups is 1. The summed E-state index contributed by atoms with van der Waals surface area (Å²) in [4.78, 5) is 0. The Labute approximate surface area is 78.7 Å². The van der Waals surface area contributed by atoms with Crippen LogP contribution in [0.1, 0.15) is 18.1 Å². The fourth-order valence-electron chi connectivity index (χ4n) is 1.34. The highest BCUT2D eigenvalue weighted by atomic mass is 16.2. The van der Waals surface area contributed by atoms with Gasteiger partial charge in [0, 0.05) is 17.9 Å². The maximum atomic E-state index is 8.84. The van der Waals surface area contributed by atoms with E-state index in [9.17, 15) is 0 Å². The van der Waals surface area contributed by atoms with Gasteiger partial charge in [0.05, 0.1) is 0 Å². The third-order valence-corrected chi connectivity index (χ3v) is 1.94. The maximum absolute atomic E-state index is 8.84. The minimum Gasteiger partial charge on any atom is -0.398 e. The molecule has 1 aromatic carbocycles. The molecule has 70 valence electrons. The van der Waals surface area contributed by atoms with Crippen LogP contribution in [-0.4, -0.2) is 11.7 Å². The highest BCUT2D eigenvalue weighted by Gasteiger charge is 2.01. The highest BCUT2D eigenvalue weighted by Crippen LogP contribution is 2.19. The van der Waals surface area contributed by atoms with Gasteiger partial charge < -0.3 is 10.8 Å². The summed E-state index contributed by atoms with van der Waals surface area (Å²) in [5.41, 5.74) is 8.70. The van der Waals surface area contributed by atoms with Crippen LogP contribution in [0.5, 0.6) is 0 Å². The van der Waals surface area contributed by atoms with Gasteiger partial charge in [-0.1, -0.05) is 24.3 Å². The number of anilines is 1. The van der Waals surface area contributed by atoms with E-state index in [1.54, 1.807) is 0 Å². The number of rotatable bonds is 3. The average molecular weight is 177 g/mol. The quantitative estimate of drug-likeness (QED) is 0.692. The smallest absolute Gasteiger partial charge is 0.0471 e. The van der Waals surface area contributed by atoms with Crippen molar-refractivity contribution >= 4 is 11.8 Å². The number of aliphatic hydroxyl groups excluding tert-OH is 1. The van der Waals surface area contributed by atoms with E-state index in [0.717, 1.165) is 16.8 Å². The Balaban J connectivity index is 3.09. The monoisotopic (exact) mass is 177 g/mol. The van der Waals surface area contributed by atoms with E-state index in [1.807, 2.05) is 37.3 Å². The third-order valence-electron chi connectivity index (χ3n) is 1.94. The zero-order valence-electron chi connectivity index (χ0n) is 7.83. The van der Waals surface area contributed by atoms with Crippen LogP contribution in [0.15, 0.2) is 24.3 Å². The van der Waals surface area contributed by atoms with Crippen molar-refractivity contribution in [2.24, 2.45) is 0 Å². The molecule has 0 unspecified atom stereocenters. The largest absolute Gasteiger partial charge is 0.398 e. The van der Waals surface area contributed by atoms with Crippen molar-refractivity contribution in [1.82, 2.24) is 0 Å². The third kappa shape index (κ3) is 2.33. The molecule has 1 aromatic rings. The van der Waals surface area contributed by atoms with Crippen LogP contribution in [0, 0.1) is 0 Å². The van der Waals surface area contributed by atoms with Crippen molar-refractivity contribution < 1.29 is 5.11 Å². The van der Waals surface area contributed by atoms with Crippen LogP contribution < -0.4 is 5.73 Å². The number of benzene rings is 1. The second kappa shape index (κ2) is 4.67. The molecule has 0 aliphatic carbocycles. The maximum Gasteiger partial charge on any atom is 0.0471 e. The summed E-state index contributed by atoms with van der Waals surface area (Å²) in [6.07, 6.45) is 4.58. The Morgan fingerprint density at radius 3 is 2.85 bits per heavy atom. The van der Waals surface area contributed by atoms with Crippen molar-refractivity contribution in [2.75, 3.05) is 12.3 Å². The van der Waals surface area contributed by atoms with Gasteiger partial charge in [-0.15, -0.1) is 0 Å². The molecule has 13 heavy (non-hydrogen) atoms. The molecule has 0 amide bonds. The lowest BCUT2D eigenvalue weighted by Gasteiger charge is -2.06. The first kappa shape index (κ1) is 9.81. The minimum atomic E-state index is 0.161. The van der Waals surface area contributed by atoms with E-state index >= 15 is 0 Å². The van der Waals surface area contributed by atoms with E-state index in [0.29, 0.717) is 6.42 Å². The SMILES string of the molecule is CC=Cc1c(N)cccc1CCO. The van der Waals surface area contributed by atoms with Crippen molar-refractivity contribution in [3.63, 3.8) is 0 Å². The lowest BCUT2D eigenvalue weighted by Crippen LogP contribution is -1.98. The Morgan fingerprint density at radius 1 is 1.46 bits per heavy atom. The molecule has 2 nitrogen and oxygen atoms in total. The van der Waals surface area contributed by atoms with E-state index in [1.165, 1.54) is 0 Å². The molecule has 0 heterocycles. The molecule has 0 aliphatic heterocycles. The molecule has 0 bridgehead atoms. The van der Waals surface area contributed by atoms with E-state index < -0.39 is 0 Å². The van der Waals surface area contributed by atoms with Crippen LogP contribution >= 0.6 is 0 Å².